The fourth-order valence-electron chi connectivity index (χ4n) is 4.89. The lowest BCUT2D eigenvalue weighted by molar-refractivity contribution is -0.111. The molecule has 4 aromatic carbocycles. The molecule has 0 bridgehead atoms. The van der Waals surface area contributed by atoms with Crippen LogP contribution in [0, 0.1) is 6.92 Å². The van der Waals surface area contributed by atoms with Gasteiger partial charge in [0, 0.05) is 24.9 Å². The Bertz CT molecular complexity index is 2030. The molecule has 1 amide bonds. The lowest BCUT2D eigenvalue weighted by atomic mass is 10.2. The first-order chi connectivity index (χ1) is 23.0. The van der Waals surface area contributed by atoms with Crippen LogP contribution >= 0.6 is 0 Å². The van der Waals surface area contributed by atoms with Crippen LogP contribution in [0.5, 0.6) is 17.2 Å². The molecular weight excluding hydrogens is 659 g/mol. The van der Waals surface area contributed by atoms with Crippen molar-refractivity contribution in [2.75, 3.05) is 55.5 Å². The van der Waals surface area contributed by atoms with Crippen molar-refractivity contribution in [2.24, 2.45) is 0 Å². The Morgan fingerprint density at radius 2 is 1.54 bits per heavy atom. The number of carbonyl (C=O) groups excluding carboxylic acids is 1. The summed E-state index contributed by atoms with van der Waals surface area (Å²) in [6.07, 6.45) is 2.76. The molecular formula is C34H35N3O9S2. The van der Waals surface area contributed by atoms with Crippen molar-refractivity contribution in [3.63, 3.8) is 0 Å². The fourth-order valence-corrected chi connectivity index (χ4v) is 7.15. The number of carbonyl (C=O) groups is 1. The number of morpholine rings is 1. The van der Waals surface area contributed by atoms with Gasteiger partial charge in [0.25, 0.3) is 10.0 Å². The second-order valence-electron chi connectivity index (χ2n) is 10.7. The third-order valence-electron chi connectivity index (χ3n) is 7.34. The van der Waals surface area contributed by atoms with Crippen LogP contribution in [0.15, 0.2) is 101 Å². The highest BCUT2D eigenvalue weighted by Crippen LogP contribution is 2.34. The van der Waals surface area contributed by atoms with Gasteiger partial charge >= 0.3 is 10.1 Å². The maximum atomic E-state index is 13.7. The molecule has 1 heterocycles. The molecule has 0 saturated carbocycles. The summed E-state index contributed by atoms with van der Waals surface area (Å²) in [7, 11) is -5.42. The minimum absolute atomic E-state index is 0.000282. The highest BCUT2D eigenvalue weighted by Gasteiger charge is 2.25. The molecule has 5 rings (SSSR count). The minimum Gasteiger partial charge on any atom is -0.495 e. The highest BCUT2D eigenvalue weighted by molar-refractivity contribution is 7.93. The van der Waals surface area contributed by atoms with E-state index >= 15 is 0 Å². The second kappa shape index (κ2) is 14.8. The van der Waals surface area contributed by atoms with Crippen LogP contribution in [-0.4, -0.2) is 63.3 Å². The number of aryl methyl sites for hydroxylation is 1. The number of anilines is 3. The predicted molar refractivity (Wildman–Crippen MR) is 183 cm³/mol. The summed E-state index contributed by atoms with van der Waals surface area (Å²) < 4.78 is 77.1. The Morgan fingerprint density at radius 3 is 2.25 bits per heavy atom. The number of para-hydroxylation sites is 2. The third kappa shape index (κ3) is 8.26. The van der Waals surface area contributed by atoms with Crippen molar-refractivity contribution in [2.45, 2.75) is 16.7 Å². The largest absolute Gasteiger partial charge is 0.495 e. The molecule has 1 aliphatic heterocycles. The highest BCUT2D eigenvalue weighted by atomic mass is 32.2. The van der Waals surface area contributed by atoms with E-state index in [1.165, 1.54) is 56.7 Å². The van der Waals surface area contributed by atoms with Gasteiger partial charge in [0.2, 0.25) is 5.91 Å². The van der Waals surface area contributed by atoms with Crippen molar-refractivity contribution < 1.29 is 40.0 Å². The van der Waals surface area contributed by atoms with Crippen molar-refractivity contribution in [3.8, 4) is 17.2 Å². The number of nitrogens with one attached hydrogen (secondary N) is 2. The van der Waals surface area contributed by atoms with Gasteiger partial charge in [-0.05, 0) is 73.2 Å². The zero-order chi connectivity index (χ0) is 34.3. The van der Waals surface area contributed by atoms with Crippen LogP contribution in [0.25, 0.3) is 6.08 Å². The van der Waals surface area contributed by atoms with E-state index < -0.39 is 26.0 Å². The van der Waals surface area contributed by atoms with Crippen molar-refractivity contribution in [1.82, 2.24) is 0 Å². The normalized spacial score (nSPS) is 13.6. The van der Waals surface area contributed by atoms with Crippen LogP contribution < -0.4 is 28.6 Å². The molecule has 0 radical (unpaired) electrons. The maximum absolute atomic E-state index is 13.7. The summed E-state index contributed by atoms with van der Waals surface area (Å²) in [5.41, 5.74) is 2.42. The number of hydrogen-bond acceptors (Lipinski definition) is 10. The first kappa shape index (κ1) is 34.3. The van der Waals surface area contributed by atoms with Crippen LogP contribution in [0.1, 0.15) is 11.1 Å². The van der Waals surface area contributed by atoms with Crippen molar-refractivity contribution in [1.29, 1.82) is 0 Å². The molecule has 1 aliphatic rings. The van der Waals surface area contributed by atoms with Gasteiger partial charge in [-0.25, -0.2) is 8.42 Å². The molecule has 0 aliphatic carbocycles. The summed E-state index contributed by atoms with van der Waals surface area (Å²) in [4.78, 5) is 14.8. The molecule has 252 valence electrons. The van der Waals surface area contributed by atoms with Crippen LogP contribution in [0.3, 0.4) is 0 Å². The minimum atomic E-state index is -4.13. The molecule has 0 spiro atoms. The zero-order valence-corrected chi connectivity index (χ0v) is 28.1. The average molecular weight is 694 g/mol. The lowest BCUT2D eigenvalue weighted by Gasteiger charge is -2.30. The van der Waals surface area contributed by atoms with Crippen molar-refractivity contribution >= 4 is 49.2 Å². The van der Waals surface area contributed by atoms with Gasteiger partial charge in [0.15, 0.2) is 11.5 Å². The predicted octanol–water partition coefficient (Wildman–Crippen LogP) is 5.07. The Hall–Kier alpha value is -5.05. The van der Waals surface area contributed by atoms with E-state index in [9.17, 15) is 21.6 Å². The molecule has 0 atom stereocenters. The van der Waals surface area contributed by atoms with Gasteiger partial charge in [-0.3, -0.25) is 9.52 Å². The first-order valence-corrected chi connectivity index (χ1v) is 17.7. The number of nitrogens with zero attached hydrogens (tertiary/aromatic N) is 1. The third-order valence-corrected chi connectivity index (χ3v) is 9.99. The first-order valence-electron chi connectivity index (χ1n) is 14.8. The van der Waals surface area contributed by atoms with E-state index in [1.807, 2.05) is 11.8 Å². The topological polar surface area (TPSA) is 150 Å². The Labute approximate surface area is 280 Å². The second-order valence-corrected chi connectivity index (χ2v) is 13.9. The average Bonchev–Trinajstić information content (AvgIpc) is 3.08. The number of methoxy groups -OCH3 is 2. The van der Waals surface area contributed by atoms with E-state index in [2.05, 4.69) is 10.0 Å². The molecule has 4 aromatic rings. The van der Waals surface area contributed by atoms with E-state index in [-0.39, 0.29) is 32.7 Å². The Morgan fingerprint density at radius 1 is 0.833 bits per heavy atom. The van der Waals surface area contributed by atoms with Crippen molar-refractivity contribution in [3.05, 3.63) is 102 Å². The van der Waals surface area contributed by atoms with Gasteiger partial charge in [-0.1, -0.05) is 35.9 Å². The maximum Gasteiger partial charge on any atom is 0.339 e. The number of sulfonamides is 1. The molecule has 0 unspecified atom stereocenters. The number of ether oxygens (including phenoxy) is 3. The number of rotatable bonds is 12. The molecule has 0 aromatic heterocycles. The van der Waals surface area contributed by atoms with Crippen LogP contribution in [0.2, 0.25) is 0 Å². The standard InChI is InChI=1S/C34H35N3O9S2/c1-24-8-13-27(14-9-24)48(41,42)46-31-16-10-25(22-32(31)44-3)11-17-34(38)35-26-12-15-29(37-18-20-45-21-19-37)33(23-26)47(39,40)36-28-6-4-5-7-30(28)43-2/h4-17,22-23,36H,18-21H2,1-3H3,(H,35,38). The molecule has 48 heavy (non-hydrogen) atoms. The summed E-state index contributed by atoms with van der Waals surface area (Å²) in [6.45, 7) is 3.74. The molecule has 1 saturated heterocycles. The number of amides is 1. The van der Waals surface area contributed by atoms with Gasteiger partial charge in [-0.2, -0.15) is 8.42 Å². The van der Waals surface area contributed by atoms with Gasteiger partial charge < -0.3 is 28.6 Å². The Kier molecular flexibility index (Phi) is 10.6. The smallest absolute Gasteiger partial charge is 0.339 e. The van der Waals surface area contributed by atoms with Crippen LogP contribution in [-0.2, 0) is 29.7 Å². The summed E-state index contributed by atoms with van der Waals surface area (Å²) >= 11 is 0. The number of hydrogen-bond donors (Lipinski definition) is 2. The lowest BCUT2D eigenvalue weighted by Crippen LogP contribution is -2.37. The zero-order valence-electron chi connectivity index (χ0n) is 26.5. The SMILES string of the molecule is COc1ccccc1NS(=O)(=O)c1cc(NC(=O)C=Cc2ccc(OS(=O)(=O)c3ccc(C)cc3)c(OC)c2)ccc1N1CCOCC1. The van der Waals surface area contributed by atoms with E-state index in [4.69, 9.17) is 18.4 Å². The molecule has 1 fully saturated rings. The quantitative estimate of drug-likeness (QED) is 0.152. The Balaban J connectivity index is 1.35. The van der Waals surface area contributed by atoms with E-state index in [1.54, 1.807) is 54.6 Å². The fraction of sp³-hybridized carbons (Fsp3) is 0.206. The van der Waals surface area contributed by atoms with E-state index in [0.29, 0.717) is 43.3 Å². The van der Waals surface area contributed by atoms with E-state index in [0.717, 1.165) is 5.56 Å². The van der Waals surface area contributed by atoms with Gasteiger partial charge in [0.05, 0.1) is 38.8 Å². The van der Waals surface area contributed by atoms with Gasteiger partial charge in [0.1, 0.15) is 15.5 Å². The molecule has 12 nitrogen and oxygen atoms in total. The monoisotopic (exact) mass is 693 g/mol. The van der Waals surface area contributed by atoms with Gasteiger partial charge in [-0.15, -0.1) is 0 Å². The summed E-state index contributed by atoms with van der Waals surface area (Å²) in [6, 6.07) is 22.1. The number of benzene rings is 4. The molecule has 2 N–H and O–H groups in total. The molecule has 14 heteroatoms. The summed E-state index contributed by atoms with van der Waals surface area (Å²) in [5.74, 6) is -0.0519. The van der Waals surface area contributed by atoms with Crippen LogP contribution in [0.4, 0.5) is 17.1 Å². The summed E-state index contributed by atoms with van der Waals surface area (Å²) in [5, 5.41) is 2.71.